The normalized spacial score (nSPS) is 10.7. The highest BCUT2D eigenvalue weighted by atomic mass is 79.9. The van der Waals surface area contributed by atoms with Gasteiger partial charge in [-0.2, -0.15) is 0 Å². The number of anilines is 1. The molecule has 0 aromatic heterocycles. The Morgan fingerprint density at radius 2 is 2.00 bits per heavy atom. The highest BCUT2D eigenvalue weighted by molar-refractivity contribution is 9.10. The number of phenols is 1. The van der Waals surface area contributed by atoms with Crippen molar-refractivity contribution in [2.24, 2.45) is 0 Å². The van der Waals surface area contributed by atoms with Crippen molar-refractivity contribution in [3.05, 3.63) is 22.2 Å². The summed E-state index contributed by atoms with van der Waals surface area (Å²) in [5.41, 5.74) is 6.88. The van der Waals surface area contributed by atoms with E-state index in [1.807, 2.05) is 19.9 Å². The molecule has 0 spiro atoms. The maximum atomic E-state index is 9.55. The molecule has 1 aromatic carbocycles. The van der Waals surface area contributed by atoms with Crippen LogP contribution in [0.4, 0.5) is 5.69 Å². The van der Waals surface area contributed by atoms with Gasteiger partial charge in [-0.05, 0) is 23.6 Å². The number of nitrogen functional groups attached to an aromatic ring is 1. The summed E-state index contributed by atoms with van der Waals surface area (Å²) in [4.78, 5) is 0. The minimum atomic E-state index is 0.202. The fraction of sp³-hybridized carbons (Fsp3) is 0.333. The van der Waals surface area contributed by atoms with Crippen molar-refractivity contribution in [3.63, 3.8) is 0 Å². The number of aromatic hydroxyl groups is 1. The third kappa shape index (κ3) is 1.72. The van der Waals surface area contributed by atoms with Crippen LogP contribution < -0.4 is 5.73 Å². The van der Waals surface area contributed by atoms with Crippen molar-refractivity contribution in [1.29, 1.82) is 0 Å². The molecule has 0 aliphatic carbocycles. The molecule has 1 aromatic rings. The molecule has 66 valence electrons. The summed E-state index contributed by atoms with van der Waals surface area (Å²) in [6.07, 6.45) is 0. The van der Waals surface area contributed by atoms with E-state index in [2.05, 4.69) is 15.9 Å². The van der Waals surface area contributed by atoms with Crippen molar-refractivity contribution in [1.82, 2.24) is 0 Å². The second kappa shape index (κ2) is 3.35. The largest absolute Gasteiger partial charge is 0.505 e. The number of rotatable bonds is 1. The van der Waals surface area contributed by atoms with Crippen LogP contribution in [-0.2, 0) is 0 Å². The molecule has 0 aliphatic rings. The predicted octanol–water partition coefficient (Wildman–Crippen LogP) is 2.86. The molecule has 3 heteroatoms. The molecule has 0 atom stereocenters. The van der Waals surface area contributed by atoms with Crippen molar-refractivity contribution >= 4 is 21.6 Å². The molecule has 0 fully saturated rings. The topological polar surface area (TPSA) is 46.2 Å². The molecule has 12 heavy (non-hydrogen) atoms. The van der Waals surface area contributed by atoms with Crippen LogP contribution in [0.5, 0.6) is 5.75 Å². The lowest BCUT2D eigenvalue weighted by molar-refractivity contribution is 0.467. The maximum Gasteiger partial charge on any atom is 0.141 e. The maximum absolute atomic E-state index is 9.55. The highest BCUT2D eigenvalue weighted by Gasteiger charge is 2.09. The first-order valence-electron chi connectivity index (χ1n) is 3.80. The van der Waals surface area contributed by atoms with E-state index in [1.54, 1.807) is 6.07 Å². The lowest BCUT2D eigenvalue weighted by atomic mass is 10.0. The smallest absolute Gasteiger partial charge is 0.141 e. The van der Waals surface area contributed by atoms with Crippen LogP contribution in [0.15, 0.2) is 16.6 Å². The number of halogens is 1. The molecular weight excluding hydrogens is 218 g/mol. The number of phenolic OH excluding ortho intramolecular Hbond substituents is 1. The SMILES string of the molecule is CC(C)c1cc(Br)cc(N)c1O. The van der Waals surface area contributed by atoms with Gasteiger partial charge in [0, 0.05) is 4.47 Å². The first kappa shape index (κ1) is 9.39. The predicted molar refractivity (Wildman–Crippen MR) is 54.3 cm³/mol. The standard InChI is InChI=1S/C9H12BrNO/c1-5(2)7-3-6(10)4-8(11)9(7)12/h3-5,12H,11H2,1-2H3. The molecule has 0 radical (unpaired) electrons. The summed E-state index contributed by atoms with van der Waals surface area (Å²) in [6.45, 7) is 4.03. The minimum absolute atomic E-state index is 0.202. The Balaban J connectivity index is 3.28. The molecule has 0 bridgehead atoms. The number of hydrogen-bond acceptors (Lipinski definition) is 2. The van der Waals surface area contributed by atoms with Crippen LogP contribution in [0.3, 0.4) is 0 Å². The van der Waals surface area contributed by atoms with Gasteiger partial charge in [0.2, 0.25) is 0 Å². The average molecular weight is 230 g/mol. The Morgan fingerprint density at radius 1 is 1.42 bits per heavy atom. The van der Waals surface area contributed by atoms with Gasteiger partial charge < -0.3 is 10.8 Å². The fourth-order valence-corrected chi connectivity index (χ4v) is 1.58. The van der Waals surface area contributed by atoms with Gasteiger partial charge in [0.1, 0.15) is 5.75 Å². The number of benzene rings is 1. The second-order valence-electron chi connectivity index (χ2n) is 3.09. The average Bonchev–Trinajstić information content (AvgIpc) is 1.96. The monoisotopic (exact) mass is 229 g/mol. The number of nitrogens with two attached hydrogens (primary N) is 1. The Labute approximate surface area is 80.5 Å². The minimum Gasteiger partial charge on any atom is -0.505 e. The zero-order chi connectivity index (χ0) is 9.30. The Bertz CT molecular complexity index is 297. The summed E-state index contributed by atoms with van der Waals surface area (Å²) in [5, 5.41) is 9.55. The van der Waals surface area contributed by atoms with Crippen molar-refractivity contribution < 1.29 is 5.11 Å². The van der Waals surface area contributed by atoms with Crippen LogP contribution in [-0.4, -0.2) is 5.11 Å². The first-order chi connectivity index (χ1) is 5.52. The second-order valence-corrected chi connectivity index (χ2v) is 4.00. The van der Waals surface area contributed by atoms with E-state index in [4.69, 9.17) is 5.73 Å². The molecular formula is C9H12BrNO. The van der Waals surface area contributed by atoms with Gasteiger partial charge in [-0.3, -0.25) is 0 Å². The van der Waals surface area contributed by atoms with E-state index in [1.165, 1.54) is 0 Å². The Kier molecular flexibility index (Phi) is 2.62. The van der Waals surface area contributed by atoms with Gasteiger partial charge >= 0.3 is 0 Å². The third-order valence-electron chi connectivity index (χ3n) is 1.76. The molecule has 1 rings (SSSR count). The highest BCUT2D eigenvalue weighted by Crippen LogP contribution is 2.33. The van der Waals surface area contributed by atoms with E-state index in [9.17, 15) is 5.11 Å². The summed E-state index contributed by atoms with van der Waals surface area (Å²) < 4.78 is 0.904. The van der Waals surface area contributed by atoms with Gasteiger partial charge in [0.25, 0.3) is 0 Å². The molecule has 2 nitrogen and oxygen atoms in total. The van der Waals surface area contributed by atoms with Gasteiger partial charge in [-0.1, -0.05) is 29.8 Å². The molecule has 0 heterocycles. The zero-order valence-electron chi connectivity index (χ0n) is 7.13. The molecule has 3 N–H and O–H groups in total. The lowest BCUT2D eigenvalue weighted by Gasteiger charge is -2.10. The molecule has 0 aliphatic heterocycles. The van der Waals surface area contributed by atoms with Gasteiger partial charge in [-0.25, -0.2) is 0 Å². The van der Waals surface area contributed by atoms with E-state index >= 15 is 0 Å². The first-order valence-corrected chi connectivity index (χ1v) is 4.59. The zero-order valence-corrected chi connectivity index (χ0v) is 8.72. The van der Waals surface area contributed by atoms with Crippen LogP contribution in [0.25, 0.3) is 0 Å². The number of hydrogen-bond donors (Lipinski definition) is 2. The quantitative estimate of drug-likeness (QED) is 0.575. The van der Waals surface area contributed by atoms with Crippen LogP contribution in [0.2, 0.25) is 0 Å². The van der Waals surface area contributed by atoms with Gasteiger partial charge in [-0.15, -0.1) is 0 Å². The van der Waals surface area contributed by atoms with Crippen LogP contribution in [0, 0.1) is 0 Å². The Hall–Kier alpha value is -0.700. The Morgan fingerprint density at radius 3 is 2.50 bits per heavy atom. The van der Waals surface area contributed by atoms with E-state index in [0.717, 1.165) is 10.0 Å². The van der Waals surface area contributed by atoms with Gasteiger partial charge in [0.05, 0.1) is 5.69 Å². The van der Waals surface area contributed by atoms with Gasteiger partial charge in [0.15, 0.2) is 0 Å². The van der Waals surface area contributed by atoms with E-state index < -0.39 is 0 Å². The summed E-state index contributed by atoms with van der Waals surface area (Å²) in [5.74, 6) is 0.484. The van der Waals surface area contributed by atoms with Crippen molar-refractivity contribution in [3.8, 4) is 5.75 Å². The summed E-state index contributed by atoms with van der Waals surface area (Å²) in [7, 11) is 0. The summed E-state index contributed by atoms with van der Waals surface area (Å²) in [6, 6.07) is 3.58. The van der Waals surface area contributed by atoms with Crippen LogP contribution >= 0.6 is 15.9 Å². The third-order valence-corrected chi connectivity index (χ3v) is 2.21. The van der Waals surface area contributed by atoms with Crippen molar-refractivity contribution in [2.75, 3.05) is 5.73 Å². The molecule has 0 saturated carbocycles. The molecule has 0 amide bonds. The lowest BCUT2D eigenvalue weighted by Crippen LogP contribution is -1.93. The fourth-order valence-electron chi connectivity index (χ4n) is 1.08. The summed E-state index contributed by atoms with van der Waals surface area (Å²) >= 11 is 3.32. The van der Waals surface area contributed by atoms with Crippen LogP contribution in [0.1, 0.15) is 25.3 Å². The van der Waals surface area contributed by atoms with E-state index in [0.29, 0.717) is 5.69 Å². The molecule has 0 unspecified atom stereocenters. The van der Waals surface area contributed by atoms with E-state index in [-0.39, 0.29) is 11.7 Å². The van der Waals surface area contributed by atoms with Crippen molar-refractivity contribution in [2.45, 2.75) is 19.8 Å². The molecule has 0 saturated heterocycles.